The molecule has 7 nitrogen and oxygen atoms in total. The lowest BCUT2D eigenvalue weighted by Crippen LogP contribution is -2.48. The predicted molar refractivity (Wildman–Crippen MR) is 91.8 cm³/mol. The van der Waals surface area contributed by atoms with Crippen LogP contribution < -0.4 is 5.48 Å². The summed E-state index contributed by atoms with van der Waals surface area (Å²) in [5.74, 6) is -0.467. The number of nitrogens with one attached hydrogen (secondary N) is 1. The first kappa shape index (κ1) is 19.2. The van der Waals surface area contributed by atoms with Crippen LogP contribution >= 0.6 is 0 Å². The second kappa shape index (κ2) is 8.82. The van der Waals surface area contributed by atoms with Gasteiger partial charge in [0.15, 0.2) is 0 Å². The molecule has 1 aliphatic heterocycles. The van der Waals surface area contributed by atoms with Crippen LogP contribution in [0.3, 0.4) is 0 Å². The van der Waals surface area contributed by atoms with Gasteiger partial charge in [0.25, 0.3) is 0 Å². The lowest BCUT2D eigenvalue weighted by atomic mass is 10.1. The van der Waals surface area contributed by atoms with Gasteiger partial charge < -0.3 is 19.2 Å². The van der Waals surface area contributed by atoms with Gasteiger partial charge in [0.2, 0.25) is 0 Å². The number of carbonyl (C=O) groups excluding carboxylic acids is 2. The number of nitrogens with zero attached hydrogens (tertiary/aromatic N) is 1. The third-order valence-corrected chi connectivity index (χ3v) is 3.53. The number of ether oxygens (including phenoxy) is 2. The van der Waals surface area contributed by atoms with E-state index in [0.717, 1.165) is 5.56 Å². The van der Waals surface area contributed by atoms with Crippen LogP contribution in [0.2, 0.25) is 0 Å². The highest BCUT2D eigenvalue weighted by molar-refractivity contribution is 5.77. The van der Waals surface area contributed by atoms with Crippen molar-refractivity contribution >= 4 is 12.1 Å². The number of carbonyl (C=O) groups is 2. The molecule has 0 aromatic heterocycles. The molecule has 1 aliphatic rings. The van der Waals surface area contributed by atoms with Crippen molar-refractivity contribution in [1.82, 2.24) is 10.4 Å². The lowest BCUT2D eigenvalue weighted by Gasteiger charge is -2.27. The third-order valence-electron chi connectivity index (χ3n) is 3.53. The maximum absolute atomic E-state index is 12.4. The summed E-state index contributed by atoms with van der Waals surface area (Å²) in [4.78, 5) is 31.2. The average Bonchev–Trinajstić information content (AvgIpc) is 2.58. The van der Waals surface area contributed by atoms with Crippen molar-refractivity contribution in [3.63, 3.8) is 0 Å². The highest BCUT2D eigenvalue weighted by atomic mass is 16.7. The number of benzene rings is 1. The minimum absolute atomic E-state index is 0.353. The van der Waals surface area contributed by atoms with E-state index in [9.17, 15) is 9.59 Å². The number of amides is 1. The monoisotopic (exact) mass is 350 g/mol. The van der Waals surface area contributed by atoms with Crippen molar-refractivity contribution in [3.05, 3.63) is 35.9 Å². The Labute approximate surface area is 148 Å². The minimum Gasteiger partial charge on any atom is -0.459 e. The van der Waals surface area contributed by atoms with Gasteiger partial charge in [-0.25, -0.2) is 4.79 Å². The summed E-state index contributed by atoms with van der Waals surface area (Å²) in [6.45, 7) is 7.29. The van der Waals surface area contributed by atoms with Crippen molar-refractivity contribution in [1.29, 1.82) is 0 Å². The van der Waals surface area contributed by atoms with Crippen LogP contribution in [0.4, 0.5) is 4.79 Å². The number of morpholine rings is 1. The number of hydrogen-bond donors (Lipinski definition) is 1. The lowest BCUT2D eigenvalue weighted by molar-refractivity contribution is -0.160. The molecule has 1 atom stereocenters. The Hall–Kier alpha value is -2.12. The molecule has 1 saturated heterocycles. The summed E-state index contributed by atoms with van der Waals surface area (Å²) < 4.78 is 10.6. The van der Waals surface area contributed by atoms with Crippen molar-refractivity contribution < 1.29 is 23.9 Å². The Balaban J connectivity index is 1.97. The van der Waals surface area contributed by atoms with Crippen LogP contribution in [0, 0.1) is 0 Å². The molecule has 0 aliphatic carbocycles. The summed E-state index contributed by atoms with van der Waals surface area (Å²) in [5, 5.41) is 0. The van der Waals surface area contributed by atoms with Gasteiger partial charge in [-0.2, -0.15) is 0 Å². The molecule has 7 heteroatoms. The minimum atomic E-state index is -0.786. The molecule has 25 heavy (non-hydrogen) atoms. The Morgan fingerprint density at radius 2 is 1.84 bits per heavy atom. The smallest absolute Gasteiger partial charge is 0.428 e. The molecule has 1 heterocycles. The second-order valence-corrected chi connectivity index (χ2v) is 6.86. The fourth-order valence-corrected chi connectivity index (χ4v) is 2.33. The third kappa shape index (κ3) is 6.72. The van der Waals surface area contributed by atoms with E-state index < -0.39 is 23.7 Å². The topological polar surface area (TPSA) is 77.1 Å². The van der Waals surface area contributed by atoms with E-state index >= 15 is 0 Å². The Morgan fingerprint density at radius 3 is 2.44 bits per heavy atom. The van der Waals surface area contributed by atoms with E-state index in [1.807, 2.05) is 30.3 Å². The van der Waals surface area contributed by atoms with Gasteiger partial charge in [0.1, 0.15) is 11.6 Å². The first-order valence-electron chi connectivity index (χ1n) is 8.41. The highest BCUT2D eigenvalue weighted by Gasteiger charge is 2.28. The zero-order valence-electron chi connectivity index (χ0n) is 15.0. The average molecular weight is 350 g/mol. The van der Waals surface area contributed by atoms with Crippen LogP contribution in [-0.2, 0) is 25.5 Å². The molecule has 1 amide bonds. The van der Waals surface area contributed by atoms with Crippen molar-refractivity contribution in [3.8, 4) is 0 Å². The van der Waals surface area contributed by atoms with E-state index in [2.05, 4.69) is 5.48 Å². The molecular formula is C18H26N2O5. The first-order valence-corrected chi connectivity index (χ1v) is 8.41. The van der Waals surface area contributed by atoms with Gasteiger partial charge in [0, 0.05) is 19.5 Å². The van der Waals surface area contributed by atoms with Gasteiger partial charge in [-0.15, -0.1) is 5.48 Å². The SMILES string of the molecule is CC(C)(C)OC(=O)[C@H](Cc1ccccc1)NOC(=O)N1CCOCC1. The number of hydroxylamine groups is 1. The molecular weight excluding hydrogens is 324 g/mol. The molecule has 1 aromatic carbocycles. The van der Waals surface area contributed by atoms with Crippen LogP contribution in [-0.4, -0.2) is 54.9 Å². The maximum Gasteiger partial charge on any atom is 0.428 e. The predicted octanol–water partition coefficient (Wildman–Crippen LogP) is 1.91. The van der Waals surface area contributed by atoms with Crippen molar-refractivity contribution in [2.75, 3.05) is 26.3 Å². The zero-order valence-corrected chi connectivity index (χ0v) is 15.0. The van der Waals surface area contributed by atoms with Crippen LogP contribution in [0.25, 0.3) is 0 Å². The fourth-order valence-electron chi connectivity index (χ4n) is 2.33. The molecule has 0 unspecified atom stereocenters. The Kier molecular flexibility index (Phi) is 6.78. The summed E-state index contributed by atoms with van der Waals surface area (Å²) >= 11 is 0. The number of hydrogen-bond acceptors (Lipinski definition) is 6. The number of esters is 1. The summed E-state index contributed by atoms with van der Waals surface area (Å²) in [6, 6.07) is 8.71. The van der Waals surface area contributed by atoms with Crippen LogP contribution in [0.1, 0.15) is 26.3 Å². The maximum atomic E-state index is 12.4. The van der Waals surface area contributed by atoms with Crippen LogP contribution in [0.5, 0.6) is 0 Å². The second-order valence-electron chi connectivity index (χ2n) is 6.86. The first-order chi connectivity index (χ1) is 11.8. The van der Waals surface area contributed by atoms with E-state index in [1.165, 1.54) is 4.90 Å². The summed E-state index contributed by atoms with van der Waals surface area (Å²) in [7, 11) is 0. The summed E-state index contributed by atoms with van der Waals surface area (Å²) in [5.41, 5.74) is 2.90. The van der Waals surface area contributed by atoms with E-state index in [4.69, 9.17) is 14.3 Å². The van der Waals surface area contributed by atoms with E-state index in [1.54, 1.807) is 20.8 Å². The standard InChI is InChI=1S/C18H26N2O5/c1-18(2,3)24-16(21)15(13-14-7-5-4-6-8-14)19-25-17(22)20-9-11-23-12-10-20/h4-8,15,19H,9-13H2,1-3H3/t15-/m0/s1. The summed E-state index contributed by atoms with van der Waals surface area (Å²) in [6.07, 6.45) is -0.170. The molecule has 0 radical (unpaired) electrons. The van der Waals surface area contributed by atoms with Crippen molar-refractivity contribution in [2.24, 2.45) is 0 Å². The normalized spacial score (nSPS) is 16.2. The van der Waals surface area contributed by atoms with Gasteiger partial charge >= 0.3 is 12.1 Å². The molecule has 2 rings (SSSR count). The Bertz CT molecular complexity index is 565. The van der Waals surface area contributed by atoms with Gasteiger partial charge in [-0.1, -0.05) is 30.3 Å². The molecule has 0 bridgehead atoms. The van der Waals surface area contributed by atoms with E-state index in [-0.39, 0.29) is 0 Å². The van der Waals surface area contributed by atoms with E-state index in [0.29, 0.717) is 32.7 Å². The largest absolute Gasteiger partial charge is 0.459 e. The molecule has 0 saturated carbocycles. The van der Waals surface area contributed by atoms with Gasteiger partial charge in [0.05, 0.1) is 13.2 Å². The fraction of sp³-hybridized carbons (Fsp3) is 0.556. The number of rotatable bonds is 5. The quantitative estimate of drug-likeness (QED) is 0.646. The zero-order chi connectivity index (χ0) is 18.3. The Morgan fingerprint density at radius 1 is 1.20 bits per heavy atom. The highest BCUT2D eigenvalue weighted by Crippen LogP contribution is 2.12. The molecule has 1 aromatic rings. The van der Waals surface area contributed by atoms with Crippen LogP contribution in [0.15, 0.2) is 30.3 Å². The molecule has 1 N–H and O–H groups in total. The van der Waals surface area contributed by atoms with Crippen molar-refractivity contribution in [2.45, 2.75) is 38.8 Å². The molecule has 0 spiro atoms. The van der Waals surface area contributed by atoms with Gasteiger partial charge in [-0.3, -0.25) is 4.79 Å². The van der Waals surface area contributed by atoms with Gasteiger partial charge in [-0.05, 0) is 26.3 Å². The molecule has 1 fully saturated rings. The molecule has 138 valence electrons.